The smallest absolute Gasteiger partial charge is 0.449 e. The first kappa shape index (κ1) is 32.3. The summed E-state index contributed by atoms with van der Waals surface area (Å²) < 4.78 is 174. The number of rotatable bonds is 11. The lowest BCUT2D eigenvalue weighted by atomic mass is 9.93. The minimum atomic E-state index is -7.97. The first-order chi connectivity index (χ1) is 16.4. The van der Waals surface area contributed by atoms with Crippen molar-refractivity contribution in [3.05, 3.63) is 42.0 Å². The van der Waals surface area contributed by atoms with E-state index in [4.69, 9.17) is 0 Å². The maximum absolute atomic E-state index is 13.7. The van der Waals surface area contributed by atoms with Crippen LogP contribution >= 0.6 is 0 Å². The average molecular weight is 565 g/mol. The van der Waals surface area contributed by atoms with Crippen molar-refractivity contribution in [2.75, 3.05) is 13.2 Å². The van der Waals surface area contributed by atoms with Crippen molar-refractivity contribution in [3.8, 4) is 0 Å². The van der Waals surface area contributed by atoms with Gasteiger partial charge >= 0.3 is 41.9 Å². The lowest BCUT2D eigenvalue weighted by Gasteiger charge is -2.39. The summed E-state index contributed by atoms with van der Waals surface area (Å²) >= 11 is 0. The molecule has 0 saturated heterocycles. The number of amides is 1. The van der Waals surface area contributed by atoms with Crippen molar-refractivity contribution < 1.29 is 66.6 Å². The molecule has 0 aliphatic carbocycles. The Morgan fingerprint density at radius 1 is 0.892 bits per heavy atom. The lowest BCUT2D eigenvalue weighted by molar-refractivity contribution is -0.440. The fourth-order valence-electron chi connectivity index (χ4n) is 2.75. The first-order valence-corrected chi connectivity index (χ1v) is 10.1. The molecule has 212 valence electrons. The van der Waals surface area contributed by atoms with Gasteiger partial charge in [-0.25, -0.2) is 4.79 Å². The molecular formula is C21H20F13NO2. The highest BCUT2D eigenvalue weighted by Crippen LogP contribution is 2.60. The van der Waals surface area contributed by atoms with Gasteiger partial charge in [-0.1, -0.05) is 43.3 Å². The molecule has 1 N–H and O–H groups in total. The highest BCUT2D eigenvalue weighted by Gasteiger charge is 2.90. The van der Waals surface area contributed by atoms with Gasteiger partial charge in [-0.15, -0.1) is 0 Å². The molecule has 0 fully saturated rings. The third-order valence-corrected chi connectivity index (χ3v) is 5.15. The van der Waals surface area contributed by atoms with Gasteiger partial charge in [0.2, 0.25) is 0 Å². The van der Waals surface area contributed by atoms with Crippen LogP contribution in [0.25, 0.3) is 5.57 Å². The van der Waals surface area contributed by atoms with Crippen LogP contribution in [0.3, 0.4) is 0 Å². The number of halogens is 13. The molecule has 0 bridgehead atoms. The molecule has 16 heteroatoms. The van der Waals surface area contributed by atoms with E-state index in [-0.39, 0.29) is 6.54 Å². The summed E-state index contributed by atoms with van der Waals surface area (Å²) in [7, 11) is 0. The number of hydrogen-bond acceptors (Lipinski definition) is 2. The summed E-state index contributed by atoms with van der Waals surface area (Å²) in [5, 5.41) is 2.04. The highest BCUT2D eigenvalue weighted by atomic mass is 19.4. The summed E-state index contributed by atoms with van der Waals surface area (Å²) in [5.74, 6) is -37.8. The van der Waals surface area contributed by atoms with Crippen molar-refractivity contribution >= 4 is 11.7 Å². The van der Waals surface area contributed by atoms with Gasteiger partial charge in [0.1, 0.15) is 0 Å². The molecule has 1 unspecified atom stereocenters. The van der Waals surface area contributed by atoms with Gasteiger partial charge in [-0.2, -0.15) is 57.1 Å². The summed E-state index contributed by atoms with van der Waals surface area (Å²) in [6.07, 6.45) is -11.6. The lowest BCUT2D eigenvalue weighted by Crippen LogP contribution is -2.70. The monoisotopic (exact) mass is 565 g/mol. The maximum atomic E-state index is 13.7. The molecule has 0 aliphatic heterocycles. The fourth-order valence-corrected chi connectivity index (χ4v) is 2.75. The highest BCUT2D eigenvalue weighted by molar-refractivity contribution is 5.67. The van der Waals surface area contributed by atoms with Crippen molar-refractivity contribution in [2.24, 2.45) is 0 Å². The van der Waals surface area contributed by atoms with E-state index in [1.54, 1.807) is 38.1 Å². The number of alkyl halides is 13. The van der Waals surface area contributed by atoms with Gasteiger partial charge in [0.05, 0.1) is 13.0 Å². The quantitative estimate of drug-likeness (QED) is 0.280. The van der Waals surface area contributed by atoms with Crippen LogP contribution in [-0.2, 0) is 4.74 Å². The van der Waals surface area contributed by atoms with Gasteiger partial charge in [0, 0.05) is 6.54 Å². The van der Waals surface area contributed by atoms with Gasteiger partial charge in [0.25, 0.3) is 0 Å². The molecule has 3 nitrogen and oxygen atoms in total. The number of hydrogen-bond donors (Lipinski definition) is 1. The average Bonchev–Trinajstić information content (AvgIpc) is 2.76. The van der Waals surface area contributed by atoms with Crippen LogP contribution in [0.5, 0.6) is 0 Å². The molecule has 0 radical (unpaired) electrons. The Balaban J connectivity index is 2.84. The summed E-state index contributed by atoms with van der Waals surface area (Å²) in [5.41, 5.74) is 2.14. The predicted octanol–water partition coefficient (Wildman–Crippen LogP) is 7.68. The molecule has 0 aliphatic rings. The van der Waals surface area contributed by atoms with Crippen LogP contribution in [-0.4, -0.2) is 55.0 Å². The van der Waals surface area contributed by atoms with Crippen LogP contribution in [0.1, 0.15) is 37.3 Å². The van der Waals surface area contributed by atoms with E-state index in [2.05, 4.69) is 11.3 Å². The second-order valence-electron chi connectivity index (χ2n) is 8.07. The van der Waals surface area contributed by atoms with Gasteiger partial charge in [-0.3, -0.25) is 0 Å². The largest absolute Gasteiger partial charge is 0.460 e. The minimum absolute atomic E-state index is 0.206. The van der Waals surface area contributed by atoms with Crippen molar-refractivity contribution in [3.63, 3.8) is 0 Å². The van der Waals surface area contributed by atoms with E-state index in [0.29, 0.717) is 11.1 Å². The fraction of sp³-hybridized carbons (Fsp3) is 0.571. The number of carbonyl (C=O) groups excluding carboxylic acids is 1. The molecule has 1 amide bonds. The maximum Gasteiger partial charge on any atom is 0.460 e. The molecule has 1 aromatic rings. The van der Waals surface area contributed by atoms with Crippen LogP contribution < -0.4 is 5.32 Å². The molecule has 0 heterocycles. The van der Waals surface area contributed by atoms with E-state index in [9.17, 15) is 61.9 Å². The Labute approximate surface area is 201 Å². The van der Waals surface area contributed by atoms with E-state index in [1.807, 2.05) is 5.32 Å². The zero-order valence-corrected chi connectivity index (χ0v) is 18.9. The SMILES string of the molecule is C=C(C)c1cccc(C(C)CNC(=O)OCCC(F)(F)C(F)(F)C(F)(F)C(F)(F)C(F)(F)C(F)(F)F)c1. The number of alkyl carbamates (subject to hydrolysis) is 1. The standard InChI is InChI=1S/C21H20F13NO2/c1-11(2)13-5-4-6-14(9-13)12(3)10-35-15(36)37-8-7-16(22,23)17(24,25)18(26,27)19(28,29)20(30,31)21(32,33)34/h4-6,9,12H,1,7-8,10H2,2-3H3,(H,35,36). The molecular weight excluding hydrogens is 545 g/mol. The number of benzene rings is 1. The third-order valence-electron chi connectivity index (χ3n) is 5.15. The Kier molecular flexibility index (Phi) is 9.26. The van der Waals surface area contributed by atoms with Gasteiger partial charge < -0.3 is 10.1 Å². The number of nitrogens with one attached hydrogen (secondary N) is 1. The van der Waals surface area contributed by atoms with Crippen LogP contribution in [0.15, 0.2) is 30.8 Å². The normalized spacial score (nSPS) is 14.8. The Morgan fingerprint density at radius 3 is 1.89 bits per heavy atom. The minimum Gasteiger partial charge on any atom is -0.449 e. The third kappa shape index (κ3) is 6.25. The van der Waals surface area contributed by atoms with E-state index >= 15 is 0 Å². The Morgan fingerprint density at radius 2 is 1.41 bits per heavy atom. The topological polar surface area (TPSA) is 38.3 Å². The molecule has 1 atom stereocenters. The molecule has 37 heavy (non-hydrogen) atoms. The van der Waals surface area contributed by atoms with E-state index in [0.717, 1.165) is 5.56 Å². The predicted molar refractivity (Wildman–Crippen MR) is 104 cm³/mol. The summed E-state index contributed by atoms with van der Waals surface area (Å²) in [4.78, 5) is 11.6. The van der Waals surface area contributed by atoms with Crippen LogP contribution in [0.4, 0.5) is 61.9 Å². The number of carbonyl (C=O) groups is 1. The molecule has 0 spiro atoms. The Hall–Kier alpha value is -2.68. The zero-order valence-electron chi connectivity index (χ0n) is 18.9. The van der Waals surface area contributed by atoms with Crippen LogP contribution in [0, 0.1) is 0 Å². The number of ether oxygens (including phenoxy) is 1. The molecule has 1 rings (SSSR count). The molecule has 0 aromatic heterocycles. The zero-order chi connectivity index (χ0) is 29.3. The summed E-state index contributed by atoms with van der Waals surface area (Å²) in [6.45, 7) is 5.04. The van der Waals surface area contributed by atoms with Crippen molar-refractivity contribution in [2.45, 2.75) is 62.0 Å². The molecule has 1 aromatic carbocycles. The first-order valence-electron chi connectivity index (χ1n) is 10.1. The summed E-state index contributed by atoms with van der Waals surface area (Å²) in [6, 6.07) is 6.77. The Bertz CT molecular complexity index is 973. The van der Waals surface area contributed by atoms with Gasteiger partial charge in [-0.05, 0) is 24.0 Å². The van der Waals surface area contributed by atoms with Crippen molar-refractivity contribution in [1.29, 1.82) is 0 Å². The molecule has 0 saturated carbocycles. The van der Waals surface area contributed by atoms with Gasteiger partial charge in [0.15, 0.2) is 0 Å². The van der Waals surface area contributed by atoms with Crippen molar-refractivity contribution in [1.82, 2.24) is 5.32 Å². The second-order valence-corrected chi connectivity index (χ2v) is 8.07. The van der Waals surface area contributed by atoms with E-state index < -0.39 is 60.8 Å². The van der Waals surface area contributed by atoms with E-state index in [1.165, 1.54) is 0 Å². The van der Waals surface area contributed by atoms with Crippen LogP contribution in [0.2, 0.25) is 0 Å². The second kappa shape index (κ2) is 10.6. The number of allylic oxidation sites excluding steroid dienone is 1.